The molecule has 0 bridgehead atoms. The van der Waals surface area contributed by atoms with Crippen LogP contribution < -0.4 is 15.4 Å². The first-order valence-electron chi connectivity index (χ1n) is 6.02. The Kier molecular flexibility index (Phi) is 4.82. The number of nitrogens with one attached hydrogen (secondary N) is 2. The van der Waals surface area contributed by atoms with E-state index in [-0.39, 0.29) is 11.8 Å². The SMILES string of the molecule is CNC(=O)c1ccc(NC(=O)c2ccc(Cl)s2)c(OC)c1. The Morgan fingerprint density at radius 2 is 1.95 bits per heavy atom. The van der Waals surface area contributed by atoms with Gasteiger partial charge >= 0.3 is 0 Å². The van der Waals surface area contributed by atoms with Crippen LogP contribution in [0.1, 0.15) is 20.0 Å². The summed E-state index contributed by atoms with van der Waals surface area (Å²) >= 11 is 7.00. The number of anilines is 1. The zero-order chi connectivity index (χ0) is 15.4. The first-order valence-corrected chi connectivity index (χ1v) is 7.21. The molecule has 0 aliphatic heterocycles. The number of methoxy groups -OCH3 is 1. The molecule has 21 heavy (non-hydrogen) atoms. The summed E-state index contributed by atoms with van der Waals surface area (Å²) < 4.78 is 5.75. The molecule has 0 saturated heterocycles. The van der Waals surface area contributed by atoms with Gasteiger partial charge in [0, 0.05) is 12.6 Å². The number of hydrogen-bond acceptors (Lipinski definition) is 4. The van der Waals surface area contributed by atoms with Gasteiger partial charge in [0.05, 0.1) is 22.0 Å². The van der Waals surface area contributed by atoms with Gasteiger partial charge in [-0.2, -0.15) is 0 Å². The Morgan fingerprint density at radius 1 is 1.19 bits per heavy atom. The summed E-state index contributed by atoms with van der Waals surface area (Å²) in [5.41, 5.74) is 0.936. The average Bonchev–Trinajstić information content (AvgIpc) is 2.93. The Morgan fingerprint density at radius 3 is 2.52 bits per heavy atom. The normalized spacial score (nSPS) is 10.0. The standard InChI is InChI=1S/C14H13ClN2O3S/c1-16-13(18)8-3-4-9(10(7-8)20-2)17-14(19)11-5-6-12(15)21-11/h3-7H,1-2H3,(H,16,18)(H,17,19). The highest BCUT2D eigenvalue weighted by molar-refractivity contribution is 7.18. The number of carbonyl (C=O) groups is 2. The van der Waals surface area contributed by atoms with Crippen LogP contribution in [-0.4, -0.2) is 26.0 Å². The van der Waals surface area contributed by atoms with Gasteiger partial charge in [-0.15, -0.1) is 11.3 Å². The smallest absolute Gasteiger partial charge is 0.265 e. The van der Waals surface area contributed by atoms with E-state index >= 15 is 0 Å². The van der Waals surface area contributed by atoms with Crippen molar-refractivity contribution in [3.63, 3.8) is 0 Å². The molecule has 2 aromatic rings. The lowest BCUT2D eigenvalue weighted by Gasteiger charge is -2.11. The Labute approximate surface area is 130 Å². The van der Waals surface area contributed by atoms with Crippen molar-refractivity contribution in [2.75, 3.05) is 19.5 Å². The van der Waals surface area contributed by atoms with E-state index in [9.17, 15) is 9.59 Å². The minimum Gasteiger partial charge on any atom is -0.495 e. The van der Waals surface area contributed by atoms with E-state index in [2.05, 4.69) is 10.6 Å². The molecule has 1 aromatic heterocycles. The Bertz CT molecular complexity index is 685. The molecule has 0 spiro atoms. The third kappa shape index (κ3) is 3.53. The number of thiophene rings is 1. The van der Waals surface area contributed by atoms with E-state index in [1.54, 1.807) is 37.4 Å². The molecule has 0 unspecified atom stereocenters. The van der Waals surface area contributed by atoms with E-state index in [1.807, 2.05) is 0 Å². The minimum absolute atomic E-state index is 0.226. The van der Waals surface area contributed by atoms with Crippen LogP contribution in [0.15, 0.2) is 30.3 Å². The molecule has 0 atom stereocenters. The zero-order valence-electron chi connectivity index (χ0n) is 11.4. The second-order valence-corrected chi connectivity index (χ2v) is 5.77. The molecule has 110 valence electrons. The van der Waals surface area contributed by atoms with Crippen LogP contribution in [0.4, 0.5) is 5.69 Å². The van der Waals surface area contributed by atoms with Crippen LogP contribution in [0.5, 0.6) is 5.75 Å². The van der Waals surface area contributed by atoms with Crippen LogP contribution in [-0.2, 0) is 0 Å². The minimum atomic E-state index is -0.280. The van der Waals surface area contributed by atoms with Crippen molar-refractivity contribution < 1.29 is 14.3 Å². The van der Waals surface area contributed by atoms with Gasteiger partial charge < -0.3 is 15.4 Å². The average molecular weight is 325 g/mol. The van der Waals surface area contributed by atoms with Crippen molar-refractivity contribution >= 4 is 40.4 Å². The van der Waals surface area contributed by atoms with Crippen molar-refractivity contribution in [2.45, 2.75) is 0 Å². The number of halogens is 1. The summed E-state index contributed by atoms with van der Waals surface area (Å²) in [6, 6.07) is 8.10. The molecular weight excluding hydrogens is 312 g/mol. The molecule has 0 saturated carbocycles. The quantitative estimate of drug-likeness (QED) is 0.908. The maximum atomic E-state index is 12.1. The molecule has 2 amide bonds. The lowest BCUT2D eigenvalue weighted by atomic mass is 10.1. The van der Waals surface area contributed by atoms with Crippen LogP contribution in [0.2, 0.25) is 4.34 Å². The molecule has 2 rings (SSSR count). The van der Waals surface area contributed by atoms with Gasteiger partial charge in [-0.25, -0.2) is 0 Å². The summed E-state index contributed by atoms with van der Waals surface area (Å²) in [6.45, 7) is 0. The molecular formula is C14H13ClN2O3S. The number of hydrogen-bond donors (Lipinski definition) is 2. The van der Waals surface area contributed by atoms with E-state index in [0.717, 1.165) is 0 Å². The zero-order valence-corrected chi connectivity index (χ0v) is 13.0. The van der Waals surface area contributed by atoms with Gasteiger partial charge in [-0.1, -0.05) is 11.6 Å². The fourth-order valence-corrected chi connectivity index (χ4v) is 2.64. The van der Waals surface area contributed by atoms with Crippen LogP contribution >= 0.6 is 22.9 Å². The highest BCUT2D eigenvalue weighted by atomic mass is 35.5. The Hall–Kier alpha value is -2.05. The van der Waals surface area contributed by atoms with Gasteiger partial charge in [0.15, 0.2) is 0 Å². The molecule has 0 aliphatic rings. The predicted molar refractivity (Wildman–Crippen MR) is 83.7 cm³/mol. The van der Waals surface area contributed by atoms with Crippen molar-refractivity contribution in [1.82, 2.24) is 5.32 Å². The number of ether oxygens (including phenoxy) is 1. The predicted octanol–water partition coefficient (Wildman–Crippen LogP) is 3.02. The molecule has 0 fully saturated rings. The van der Waals surface area contributed by atoms with Crippen molar-refractivity contribution in [3.8, 4) is 5.75 Å². The fourth-order valence-electron chi connectivity index (χ4n) is 1.70. The maximum Gasteiger partial charge on any atom is 0.265 e. The van der Waals surface area contributed by atoms with Gasteiger partial charge in [-0.3, -0.25) is 9.59 Å². The summed E-state index contributed by atoms with van der Waals surface area (Å²) in [5.74, 6) is -0.0961. The summed E-state index contributed by atoms with van der Waals surface area (Å²) in [5, 5.41) is 5.26. The second kappa shape index (κ2) is 6.60. The molecule has 0 aliphatic carbocycles. The molecule has 0 radical (unpaired) electrons. The van der Waals surface area contributed by atoms with E-state index in [0.29, 0.717) is 26.2 Å². The van der Waals surface area contributed by atoms with Gasteiger partial charge in [0.1, 0.15) is 5.75 Å². The van der Waals surface area contributed by atoms with Crippen molar-refractivity contribution in [2.24, 2.45) is 0 Å². The van der Waals surface area contributed by atoms with E-state index in [1.165, 1.54) is 18.4 Å². The highest BCUT2D eigenvalue weighted by Crippen LogP contribution is 2.28. The molecule has 1 aromatic carbocycles. The Balaban J connectivity index is 2.23. The molecule has 2 N–H and O–H groups in total. The number of rotatable bonds is 4. The van der Waals surface area contributed by atoms with Crippen molar-refractivity contribution in [1.29, 1.82) is 0 Å². The number of benzene rings is 1. The van der Waals surface area contributed by atoms with Crippen LogP contribution in [0.3, 0.4) is 0 Å². The molecule has 5 nitrogen and oxygen atoms in total. The number of amides is 2. The summed E-state index contributed by atoms with van der Waals surface area (Å²) in [7, 11) is 3.02. The monoisotopic (exact) mass is 324 g/mol. The summed E-state index contributed by atoms with van der Waals surface area (Å²) in [4.78, 5) is 24.1. The van der Waals surface area contributed by atoms with Gasteiger partial charge in [0.2, 0.25) is 0 Å². The first-order chi connectivity index (χ1) is 10.0. The van der Waals surface area contributed by atoms with Crippen LogP contribution in [0, 0.1) is 0 Å². The first kappa shape index (κ1) is 15.3. The topological polar surface area (TPSA) is 67.4 Å². The summed E-state index contributed by atoms with van der Waals surface area (Å²) in [6.07, 6.45) is 0. The largest absolute Gasteiger partial charge is 0.495 e. The molecule has 7 heteroatoms. The van der Waals surface area contributed by atoms with Crippen molar-refractivity contribution in [3.05, 3.63) is 45.1 Å². The number of carbonyl (C=O) groups excluding carboxylic acids is 2. The lowest BCUT2D eigenvalue weighted by molar-refractivity contribution is 0.0962. The van der Waals surface area contributed by atoms with Crippen LogP contribution in [0.25, 0.3) is 0 Å². The lowest BCUT2D eigenvalue weighted by Crippen LogP contribution is -2.18. The third-order valence-electron chi connectivity index (χ3n) is 2.74. The highest BCUT2D eigenvalue weighted by Gasteiger charge is 2.13. The van der Waals surface area contributed by atoms with E-state index in [4.69, 9.17) is 16.3 Å². The maximum absolute atomic E-state index is 12.1. The third-order valence-corrected chi connectivity index (χ3v) is 3.97. The van der Waals surface area contributed by atoms with Gasteiger partial charge in [-0.05, 0) is 30.3 Å². The van der Waals surface area contributed by atoms with E-state index < -0.39 is 0 Å². The van der Waals surface area contributed by atoms with Gasteiger partial charge in [0.25, 0.3) is 11.8 Å². The molecule has 1 heterocycles. The fraction of sp³-hybridized carbons (Fsp3) is 0.143. The second-order valence-electron chi connectivity index (χ2n) is 4.05.